The predicted octanol–water partition coefficient (Wildman–Crippen LogP) is 5.61. The fourth-order valence-corrected chi connectivity index (χ4v) is 3.79. The Morgan fingerprint density at radius 3 is 0.879 bits per heavy atom. The molecule has 0 rings (SSSR count). The molecule has 0 aromatic heterocycles. The van der Waals surface area contributed by atoms with Crippen molar-refractivity contribution >= 4 is 58.5 Å². The second-order valence-electron chi connectivity index (χ2n) is 8.12. The van der Waals surface area contributed by atoms with E-state index in [1.807, 2.05) is 0 Å². The molecule has 0 aliphatic rings. The quantitative estimate of drug-likeness (QED) is 0.0746. The van der Waals surface area contributed by atoms with Gasteiger partial charge in [-0.2, -0.15) is 0 Å². The molecule has 0 bridgehead atoms. The molecule has 0 aromatic rings. The molecule has 196 valence electrons. The Labute approximate surface area is 233 Å². The van der Waals surface area contributed by atoms with E-state index in [1.165, 1.54) is 77.0 Å². The largest absolute Gasteiger partial charge is 2.00 e. The summed E-state index contributed by atoms with van der Waals surface area (Å²) in [6, 6.07) is 0. The topological polar surface area (TPSA) is 133 Å². The van der Waals surface area contributed by atoms with Crippen molar-refractivity contribution in [1.82, 2.24) is 0 Å². The smallest absolute Gasteiger partial charge is 0.726 e. The van der Waals surface area contributed by atoms with Gasteiger partial charge >= 0.3 is 37.7 Å². The van der Waals surface area contributed by atoms with Gasteiger partial charge in [-0.15, -0.1) is 0 Å². The third-order valence-electron chi connectivity index (χ3n) is 4.95. The first kappa shape index (κ1) is 38.5. The Kier molecular flexibility index (Phi) is 32.2. The predicted molar refractivity (Wildman–Crippen MR) is 132 cm³/mol. The van der Waals surface area contributed by atoms with Crippen molar-refractivity contribution in [2.75, 3.05) is 13.2 Å². The van der Waals surface area contributed by atoms with Gasteiger partial charge in [0.1, 0.15) is 0 Å². The van der Waals surface area contributed by atoms with Crippen molar-refractivity contribution in [3.05, 3.63) is 0 Å². The van der Waals surface area contributed by atoms with Crippen molar-refractivity contribution in [3.63, 3.8) is 0 Å². The van der Waals surface area contributed by atoms with Crippen LogP contribution in [0, 0.1) is 0 Å². The van der Waals surface area contributed by atoms with Crippen molar-refractivity contribution in [2.45, 2.75) is 129 Å². The molecular weight excluding hydrogens is 496 g/mol. The fraction of sp³-hybridized carbons (Fsp3) is 1.00. The maximum absolute atomic E-state index is 10.1. The van der Waals surface area contributed by atoms with E-state index < -0.39 is 20.8 Å². The van der Waals surface area contributed by atoms with Crippen LogP contribution in [-0.2, 0) is 29.2 Å². The molecule has 0 spiro atoms. The van der Waals surface area contributed by atoms with Crippen LogP contribution in [0.5, 0.6) is 0 Å². The maximum atomic E-state index is 10.1. The van der Waals surface area contributed by atoms with Gasteiger partial charge in [-0.25, -0.2) is 16.8 Å². The van der Waals surface area contributed by atoms with Crippen LogP contribution < -0.4 is 0 Å². The molecule has 0 heterocycles. The van der Waals surface area contributed by atoms with Crippen LogP contribution >= 0.6 is 0 Å². The molecule has 0 N–H and O–H groups in total. The average Bonchev–Trinajstić information content (AvgIpc) is 2.70. The van der Waals surface area contributed by atoms with Gasteiger partial charge in [-0.1, -0.05) is 117 Å². The zero-order valence-electron chi connectivity index (χ0n) is 20.9. The number of hydrogen-bond donors (Lipinski definition) is 0. The van der Waals surface area contributed by atoms with E-state index in [0.29, 0.717) is 12.8 Å². The zero-order chi connectivity index (χ0) is 24.6. The monoisotopic (exact) mass is 542 g/mol. The van der Waals surface area contributed by atoms with E-state index in [2.05, 4.69) is 22.2 Å². The first-order chi connectivity index (χ1) is 15.1. The van der Waals surface area contributed by atoms with E-state index in [1.54, 1.807) is 0 Å². The summed E-state index contributed by atoms with van der Waals surface area (Å²) >= 11 is 0. The SMILES string of the molecule is CCCCCCCCCCCOS(=O)(=O)[O-].CCCCCCCCCCCOS(=O)(=O)[O-].[Ca+2]. The minimum atomic E-state index is -4.48. The normalized spacial score (nSPS) is 11.5. The van der Waals surface area contributed by atoms with Crippen LogP contribution in [0.25, 0.3) is 0 Å². The standard InChI is InChI=1S/2C11H24O4S.Ca/c2*1-2-3-4-5-6-7-8-9-10-11-15-16(12,13)14;/h2*2-11H2,1H3,(H,12,13,14);/q;;+2/p-2. The molecule has 11 heteroatoms. The van der Waals surface area contributed by atoms with Crippen LogP contribution in [0.15, 0.2) is 0 Å². The molecule has 0 saturated heterocycles. The second-order valence-corrected chi connectivity index (χ2v) is 10.2. The molecule has 0 radical (unpaired) electrons. The molecule has 0 atom stereocenters. The van der Waals surface area contributed by atoms with E-state index in [9.17, 15) is 25.9 Å². The minimum Gasteiger partial charge on any atom is -0.726 e. The van der Waals surface area contributed by atoms with E-state index >= 15 is 0 Å². The van der Waals surface area contributed by atoms with E-state index in [-0.39, 0.29) is 51.0 Å². The average molecular weight is 543 g/mol. The molecule has 0 aliphatic carbocycles. The van der Waals surface area contributed by atoms with Gasteiger partial charge in [0.2, 0.25) is 20.8 Å². The molecular formula is C22H46CaO8S2. The summed E-state index contributed by atoms with van der Waals surface area (Å²) in [5, 5.41) is 0. The Bertz CT molecular complexity index is 531. The summed E-state index contributed by atoms with van der Waals surface area (Å²) in [6.07, 6.45) is 20.6. The first-order valence-electron chi connectivity index (χ1n) is 12.3. The molecule has 8 nitrogen and oxygen atoms in total. The maximum Gasteiger partial charge on any atom is 2.00 e. The van der Waals surface area contributed by atoms with Crippen molar-refractivity contribution in [2.24, 2.45) is 0 Å². The molecule has 0 saturated carbocycles. The Morgan fingerprint density at radius 2 is 0.667 bits per heavy atom. The zero-order valence-corrected chi connectivity index (χ0v) is 24.8. The molecule has 0 amide bonds. The summed E-state index contributed by atoms with van der Waals surface area (Å²) < 4.78 is 68.7. The van der Waals surface area contributed by atoms with Crippen molar-refractivity contribution in [3.8, 4) is 0 Å². The Hall–Kier alpha value is 1.000. The fourth-order valence-electron chi connectivity index (χ4n) is 3.15. The summed E-state index contributed by atoms with van der Waals surface area (Å²) in [5.41, 5.74) is 0. The van der Waals surface area contributed by atoms with Crippen LogP contribution in [0.2, 0.25) is 0 Å². The van der Waals surface area contributed by atoms with Crippen LogP contribution in [0.1, 0.15) is 129 Å². The molecule has 0 fully saturated rings. The first-order valence-corrected chi connectivity index (χ1v) is 15.0. The molecule has 0 aromatic carbocycles. The van der Waals surface area contributed by atoms with Crippen LogP contribution in [-0.4, -0.2) is 76.9 Å². The van der Waals surface area contributed by atoms with Crippen LogP contribution in [0.3, 0.4) is 0 Å². The number of rotatable bonds is 22. The molecule has 0 aliphatic heterocycles. The Morgan fingerprint density at radius 1 is 0.455 bits per heavy atom. The molecule has 0 unspecified atom stereocenters. The van der Waals surface area contributed by atoms with Gasteiger partial charge in [0, 0.05) is 0 Å². The van der Waals surface area contributed by atoms with Gasteiger partial charge in [-0.05, 0) is 12.8 Å². The molecule has 33 heavy (non-hydrogen) atoms. The summed E-state index contributed by atoms with van der Waals surface area (Å²) in [4.78, 5) is 0. The third-order valence-corrected chi connectivity index (χ3v) is 5.86. The minimum absolute atomic E-state index is 0. The van der Waals surface area contributed by atoms with Gasteiger partial charge < -0.3 is 9.11 Å². The van der Waals surface area contributed by atoms with Gasteiger partial charge in [-0.3, -0.25) is 8.37 Å². The third kappa shape index (κ3) is 43.5. The van der Waals surface area contributed by atoms with Gasteiger partial charge in [0.05, 0.1) is 13.2 Å². The summed E-state index contributed by atoms with van der Waals surface area (Å²) in [6.45, 7) is 4.46. The van der Waals surface area contributed by atoms with Crippen LogP contribution in [0.4, 0.5) is 0 Å². The van der Waals surface area contributed by atoms with Crippen molar-refractivity contribution in [1.29, 1.82) is 0 Å². The second kappa shape index (κ2) is 27.6. The Balaban J connectivity index is -0.000000529. The van der Waals surface area contributed by atoms with Gasteiger partial charge in [0.15, 0.2) is 0 Å². The van der Waals surface area contributed by atoms with E-state index in [4.69, 9.17) is 0 Å². The number of hydrogen-bond acceptors (Lipinski definition) is 8. The number of unbranched alkanes of at least 4 members (excludes halogenated alkanes) is 16. The summed E-state index contributed by atoms with van der Waals surface area (Å²) in [7, 11) is -8.96. The summed E-state index contributed by atoms with van der Waals surface area (Å²) in [5.74, 6) is 0. The van der Waals surface area contributed by atoms with E-state index in [0.717, 1.165) is 25.7 Å². The van der Waals surface area contributed by atoms with Crippen molar-refractivity contribution < 1.29 is 34.3 Å². The van der Waals surface area contributed by atoms with Gasteiger partial charge in [0.25, 0.3) is 0 Å².